The molecule has 2 aliphatic rings. The van der Waals surface area contributed by atoms with E-state index in [1.54, 1.807) is 0 Å². The number of hydrogen-bond acceptors (Lipinski definition) is 5. The zero-order chi connectivity index (χ0) is 21.1. The molecular weight excluding hydrogens is 418 g/mol. The van der Waals surface area contributed by atoms with E-state index in [4.69, 9.17) is 16.3 Å². The van der Waals surface area contributed by atoms with Crippen molar-refractivity contribution in [3.8, 4) is 5.75 Å². The molecule has 0 saturated carbocycles. The summed E-state index contributed by atoms with van der Waals surface area (Å²) in [5.74, 6) is 0.591. The number of aryl methyl sites for hydroxylation is 1. The van der Waals surface area contributed by atoms with Gasteiger partial charge in [0.25, 0.3) is 5.91 Å². The van der Waals surface area contributed by atoms with Crippen LogP contribution in [0.25, 0.3) is 6.08 Å². The Morgan fingerprint density at radius 1 is 1.13 bits per heavy atom. The Balaban J connectivity index is 1.41. The van der Waals surface area contributed by atoms with E-state index in [0.29, 0.717) is 11.5 Å². The normalized spacial score (nSPS) is 18.2. The van der Waals surface area contributed by atoms with E-state index in [0.717, 1.165) is 58.9 Å². The average molecular weight is 442 g/mol. The molecule has 1 amide bonds. The lowest BCUT2D eigenvalue weighted by molar-refractivity contribution is -0.113. The van der Waals surface area contributed by atoms with Crippen LogP contribution in [0.2, 0.25) is 5.02 Å². The van der Waals surface area contributed by atoms with Crippen molar-refractivity contribution in [1.82, 2.24) is 4.90 Å². The highest BCUT2D eigenvalue weighted by molar-refractivity contribution is 8.18. The minimum absolute atomic E-state index is 0.186. The predicted octanol–water partition coefficient (Wildman–Crippen LogP) is 4.84. The van der Waals surface area contributed by atoms with Gasteiger partial charge in [-0.1, -0.05) is 35.9 Å². The molecule has 2 heterocycles. The highest BCUT2D eigenvalue weighted by atomic mass is 35.5. The molecule has 0 radical (unpaired) electrons. The van der Waals surface area contributed by atoms with Gasteiger partial charge in [-0.3, -0.25) is 4.79 Å². The van der Waals surface area contributed by atoms with Gasteiger partial charge < -0.3 is 14.5 Å². The number of halogens is 1. The van der Waals surface area contributed by atoms with E-state index in [1.807, 2.05) is 50.3 Å². The Labute approximate surface area is 186 Å². The van der Waals surface area contributed by atoms with E-state index >= 15 is 0 Å². The lowest BCUT2D eigenvalue weighted by Crippen LogP contribution is -2.47. The first-order chi connectivity index (χ1) is 14.5. The first-order valence-corrected chi connectivity index (χ1v) is 11.2. The number of piperazine rings is 1. The Bertz CT molecular complexity index is 1010. The SMILES string of the molecule is CCOc1ccccc1C=C1SC(N2CCN(c3ccc(C)c(Cl)c3)CC2)=NC1=O. The molecule has 0 spiro atoms. The quantitative estimate of drug-likeness (QED) is 0.635. The topological polar surface area (TPSA) is 45.1 Å². The second-order valence-corrected chi connectivity index (χ2v) is 8.60. The summed E-state index contributed by atoms with van der Waals surface area (Å²) in [7, 11) is 0. The number of para-hydroxylation sites is 1. The van der Waals surface area contributed by atoms with Crippen LogP contribution in [0.15, 0.2) is 52.4 Å². The first-order valence-electron chi connectivity index (χ1n) is 10.1. The molecule has 0 N–H and O–H groups in total. The molecule has 4 rings (SSSR count). The maximum atomic E-state index is 12.5. The second-order valence-electron chi connectivity index (χ2n) is 7.19. The zero-order valence-electron chi connectivity index (χ0n) is 17.1. The lowest BCUT2D eigenvalue weighted by Gasteiger charge is -2.36. The van der Waals surface area contributed by atoms with E-state index in [2.05, 4.69) is 26.9 Å². The van der Waals surface area contributed by atoms with Crippen molar-refractivity contribution in [2.75, 3.05) is 37.7 Å². The zero-order valence-corrected chi connectivity index (χ0v) is 18.7. The van der Waals surface area contributed by atoms with Crippen molar-refractivity contribution in [2.45, 2.75) is 13.8 Å². The molecule has 156 valence electrons. The van der Waals surface area contributed by atoms with E-state index in [9.17, 15) is 4.79 Å². The molecule has 0 atom stereocenters. The van der Waals surface area contributed by atoms with Gasteiger partial charge in [-0.2, -0.15) is 4.99 Å². The number of aliphatic imine (C=N–C) groups is 1. The van der Waals surface area contributed by atoms with Crippen molar-refractivity contribution < 1.29 is 9.53 Å². The molecule has 2 aromatic rings. The molecule has 5 nitrogen and oxygen atoms in total. The van der Waals surface area contributed by atoms with Gasteiger partial charge in [-0.25, -0.2) is 0 Å². The van der Waals surface area contributed by atoms with Crippen LogP contribution >= 0.6 is 23.4 Å². The second kappa shape index (κ2) is 9.14. The first kappa shape index (κ1) is 20.8. The third-order valence-electron chi connectivity index (χ3n) is 5.19. The summed E-state index contributed by atoms with van der Waals surface area (Å²) in [6, 6.07) is 13.9. The van der Waals surface area contributed by atoms with Crippen LogP contribution in [0.1, 0.15) is 18.1 Å². The number of carbonyl (C=O) groups is 1. The Morgan fingerprint density at radius 2 is 1.87 bits per heavy atom. The van der Waals surface area contributed by atoms with Gasteiger partial charge in [0.1, 0.15) is 5.75 Å². The molecular formula is C23H24ClN3O2S. The molecule has 0 aromatic heterocycles. The fraction of sp³-hybridized carbons (Fsp3) is 0.304. The number of amidine groups is 1. The summed E-state index contributed by atoms with van der Waals surface area (Å²) >= 11 is 7.72. The van der Waals surface area contributed by atoms with Gasteiger partial charge >= 0.3 is 0 Å². The number of thioether (sulfide) groups is 1. The highest BCUT2D eigenvalue weighted by Crippen LogP contribution is 2.33. The van der Waals surface area contributed by atoms with Gasteiger partial charge in [0.2, 0.25) is 0 Å². The number of hydrogen-bond donors (Lipinski definition) is 0. The van der Waals surface area contributed by atoms with Crippen molar-refractivity contribution in [3.63, 3.8) is 0 Å². The highest BCUT2D eigenvalue weighted by Gasteiger charge is 2.28. The number of amides is 1. The standard InChI is InChI=1S/C23H24ClN3O2S/c1-3-29-20-7-5-4-6-17(20)14-21-22(28)25-23(30-21)27-12-10-26(11-13-27)18-9-8-16(2)19(24)15-18/h4-9,14-15H,3,10-13H2,1-2H3. The molecule has 30 heavy (non-hydrogen) atoms. The van der Waals surface area contributed by atoms with Crippen molar-refractivity contribution in [2.24, 2.45) is 4.99 Å². The Hall–Kier alpha value is -2.44. The summed E-state index contributed by atoms with van der Waals surface area (Å²) in [4.78, 5) is 21.9. The van der Waals surface area contributed by atoms with Crippen LogP contribution in [0.3, 0.4) is 0 Å². The number of ether oxygens (including phenoxy) is 1. The van der Waals surface area contributed by atoms with Gasteiger partial charge in [0.05, 0.1) is 11.5 Å². The number of nitrogens with zero attached hydrogens (tertiary/aromatic N) is 3. The van der Waals surface area contributed by atoms with E-state index in [1.165, 1.54) is 11.8 Å². The predicted molar refractivity (Wildman–Crippen MR) is 126 cm³/mol. The average Bonchev–Trinajstić information content (AvgIpc) is 3.12. The molecule has 0 aliphatic carbocycles. The maximum Gasteiger partial charge on any atom is 0.286 e. The van der Waals surface area contributed by atoms with Crippen LogP contribution in [-0.4, -0.2) is 48.8 Å². The molecule has 2 aliphatic heterocycles. The third kappa shape index (κ3) is 4.50. The number of carbonyl (C=O) groups excluding carboxylic acids is 1. The molecule has 0 unspecified atom stereocenters. The lowest BCUT2D eigenvalue weighted by atomic mass is 10.2. The molecule has 7 heteroatoms. The maximum absolute atomic E-state index is 12.5. The summed E-state index contributed by atoms with van der Waals surface area (Å²) in [5, 5.41) is 1.57. The van der Waals surface area contributed by atoms with Crippen LogP contribution in [-0.2, 0) is 4.79 Å². The van der Waals surface area contributed by atoms with Crippen LogP contribution < -0.4 is 9.64 Å². The molecule has 0 bridgehead atoms. The molecule has 1 saturated heterocycles. The van der Waals surface area contributed by atoms with E-state index in [-0.39, 0.29) is 5.91 Å². The van der Waals surface area contributed by atoms with Crippen molar-refractivity contribution in [3.05, 3.63) is 63.5 Å². The van der Waals surface area contributed by atoms with Crippen molar-refractivity contribution >= 4 is 46.2 Å². The largest absolute Gasteiger partial charge is 0.493 e. The fourth-order valence-corrected chi connectivity index (χ4v) is 4.63. The minimum Gasteiger partial charge on any atom is -0.493 e. The molecule has 1 fully saturated rings. The number of rotatable bonds is 4. The van der Waals surface area contributed by atoms with Gasteiger partial charge in [0.15, 0.2) is 5.17 Å². The summed E-state index contributed by atoms with van der Waals surface area (Å²) < 4.78 is 5.67. The minimum atomic E-state index is -0.186. The monoisotopic (exact) mass is 441 g/mol. The molecule has 2 aromatic carbocycles. The summed E-state index contributed by atoms with van der Waals surface area (Å²) in [6.45, 7) is 7.89. The number of benzene rings is 2. The Morgan fingerprint density at radius 3 is 2.60 bits per heavy atom. The van der Waals surface area contributed by atoms with E-state index < -0.39 is 0 Å². The smallest absolute Gasteiger partial charge is 0.286 e. The fourth-order valence-electron chi connectivity index (χ4n) is 3.50. The third-order valence-corrected chi connectivity index (χ3v) is 6.64. The number of anilines is 1. The van der Waals surface area contributed by atoms with Gasteiger partial charge in [-0.05, 0) is 55.4 Å². The van der Waals surface area contributed by atoms with Crippen LogP contribution in [0, 0.1) is 6.92 Å². The Kier molecular flexibility index (Phi) is 6.35. The summed E-state index contributed by atoms with van der Waals surface area (Å²) in [5.41, 5.74) is 3.11. The van der Waals surface area contributed by atoms with Crippen molar-refractivity contribution in [1.29, 1.82) is 0 Å². The van der Waals surface area contributed by atoms with Gasteiger partial charge in [-0.15, -0.1) is 0 Å². The van der Waals surface area contributed by atoms with Gasteiger partial charge in [0, 0.05) is 42.5 Å². The van der Waals surface area contributed by atoms with Crippen LogP contribution in [0.4, 0.5) is 5.69 Å². The van der Waals surface area contributed by atoms with Crippen LogP contribution in [0.5, 0.6) is 5.75 Å². The summed E-state index contributed by atoms with van der Waals surface area (Å²) in [6.07, 6.45) is 1.87.